The van der Waals surface area contributed by atoms with Crippen molar-refractivity contribution in [3.8, 4) is 0 Å². The first-order valence-corrected chi connectivity index (χ1v) is 5.33. The summed E-state index contributed by atoms with van der Waals surface area (Å²) in [5.74, 6) is 0. The van der Waals surface area contributed by atoms with Gasteiger partial charge in [0.15, 0.2) is 6.10 Å². The fourth-order valence-electron chi connectivity index (χ4n) is 1.37. The van der Waals surface area contributed by atoms with E-state index in [0.29, 0.717) is 6.61 Å². The van der Waals surface area contributed by atoms with Crippen molar-refractivity contribution in [2.45, 2.75) is 45.1 Å². The van der Waals surface area contributed by atoms with Crippen LogP contribution in [0.15, 0.2) is 12.2 Å². The first kappa shape index (κ1) is 11.1. The lowest BCUT2D eigenvalue weighted by Crippen LogP contribution is -2.04. The van der Waals surface area contributed by atoms with Crippen molar-refractivity contribution in [2.75, 3.05) is 6.61 Å². The van der Waals surface area contributed by atoms with Gasteiger partial charge in [0.2, 0.25) is 0 Å². The number of hydrogen-bond donors (Lipinski definition) is 0. The molecular formula is C11H18O3. The van der Waals surface area contributed by atoms with E-state index in [1.165, 1.54) is 25.7 Å². The lowest BCUT2D eigenvalue weighted by Gasteiger charge is -1.98. The van der Waals surface area contributed by atoms with Gasteiger partial charge < -0.3 is 9.47 Å². The summed E-state index contributed by atoms with van der Waals surface area (Å²) >= 11 is 0. The lowest BCUT2D eigenvalue weighted by atomic mass is 10.1. The van der Waals surface area contributed by atoms with Crippen LogP contribution >= 0.6 is 0 Å². The predicted octanol–water partition coefficient (Wildman–Crippen LogP) is 3.05. The van der Waals surface area contributed by atoms with Crippen LogP contribution in [-0.4, -0.2) is 18.9 Å². The highest BCUT2D eigenvalue weighted by Crippen LogP contribution is 2.09. The van der Waals surface area contributed by atoms with Crippen molar-refractivity contribution in [3.63, 3.8) is 0 Å². The van der Waals surface area contributed by atoms with Crippen LogP contribution in [0.1, 0.15) is 39.0 Å². The van der Waals surface area contributed by atoms with E-state index < -0.39 is 6.16 Å². The Morgan fingerprint density at radius 2 is 2.29 bits per heavy atom. The Hall–Kier alpha value is -0.990. The molecule has 0 amide bonds. The number of unbranched alkanes of at least 4 members (excludes halogenated alkanes) is 4. The Kier molecular flexibility index (Phi) is 5.12. The van der Waals surface area contributed by atoms with E-state index in [1.807, 2.05) is 6.08 Å². The topological polar surface area (TPSA) is 35.5 Å². The van der Waals surface area contributed by atoms with E-state index in [1.54, 1.807) is 0 Å². The monoisotopic (exact) mass is 198 g/mol. The number of hydrogen-bond acceptors (Lipinski definition) is 3. The van der Waals surface area contributed by atoms with Gasteiger partial charge in [0.1, 0.15) is 6.61 Å². The van der Waals surface area contributed by atoms with Gasteiger partial charge in [-0.05, 0) is 18.9 Å². The molecule has 0 N–H and O–H groups in total. The first-order valence-electron chi connectivity index (χ1n) is 5.33. The standard InChI is InChI=1S/C11H18O3/c1-2-3-4-5-6-7-8-10-9-13-11(12)14-10/h7-8,10H,2-6,9H2,1H3/b8-7+/t10-/m0/s1. The third kappa shape index (κ3) is 4.30. The highest BCUT2D eigenvalue weighted by atomic mass is 16.8. The summed E-state index contributed by atoms with van der Waals surface area (Å²) in [6.45, 7) is 2.56. The molecule has 0 aliphatic carbocycles. The SMILES string of the molecule is CCCCCC/C=C/[C@H]1COC(=O)O1. The second-order valence-electron chi connectivity index (χ2n) is 3.49. The Bertz CT molecular complexity index is 199. The van der Waals surface area contributed by atoms with Crippen LogP contribution in [0.5, 0.6) is 0 Å². The molecule has 0 radical (unpaired) electrons. The fraction of sp³-hybridized carbons (Fsp3) is 0.727. The van der Waals surface area contributed by atoms with Gasteiger partial charge >= 0.3 is 6.16 Å². The van der Waals surface area contributed by atoms with Crippen LogP contribution in [0, 0.1) is 0 Å². The van der Waals surface area contributed by atoms with Crippen molar-refractivity contribution in [1.29, 1.82) is 0 Å². The molecule has 14 heavy (non-hydrogen) atoms. The third-order valence-corrected chi connectivity index (χ3v) is 2.19. The summed E-state index contributed by atoms with van der Waals surface area (Å²) in [5.41, 5.74) is 0. The zero-order chi connectivity index (χ0) is 10.2. The molecule has 0 aromatic heterocycles. The molecule has 0 aromatic rings. The maximum atomic E-state index is 10.5. The molecule has 1 aliphatic heterocycles. The molecule has 1 fully saturated rings. The van der Waals surface area contributed by atoms with Crippen LogP contribution in [0.25, 0.3) is 0 Å². The molecule has 0 unspecified atom stereocenters. The van der Waals surface area contributed by atoms with Crippen molar-refractivity contribution < 1.29 is 14.3 Å². The Morgan fingerprint density at radius 3 is 2.93 bits per heavy atom. The quantitative estimate of drug-likeness (QED) is 0.374. The number of carbonyl (C=O) groups is 1. The van der Waals surface area contributed by atoms with Gasteiger partial charge in [-0.15, -0.1) is 0 Å². The Labute approximate surface area is 85.1 Å². The summed E-state index contributed by atoms with van der Waals surface area (Å²) in [6, 6.07) is 0. The van der Waals surface area contributed by atoms with Gasteiger partial charge in [-0.2, -0.15) is 0 Å². The van der Waals surface area contributed by atoms with E-state index >= 15 is 0 Å². The van der Waals surface area contributed by atoms with Crippen LogP contribution in [0.4, 0.5) is 4.79 Å². The summed E-state index contributed by atoms with van der Waals surface area (Å²) in [6.07, 6.45) is 9.40. The van der Waals surface area contributed by atoms with E-state index in [9.17, 15) is 4.79 Å². The minimum atomic E-state index is -0.550. The van der Waals surface area contributed by atoms with Gasteiger partial charge in [0.25, 0.3) is 0 Å². The van der Waals surface area contributed by atoms with E-state index in [0.717, 1.165) is 6.42 Å². The maximum Gasteiger partial charge on any atom is 0.509 e. The van der Waals surface area contributed by atoms with Gasteiger partial charge in [0.05, 0.1) is 0 Å². The van der Waals surface area contributed by atoms with Crippen molar-refractivity contribution in [1.82, 2.24) is 0 Å². The van der Waals surface area contributed by atoms with Crippen LogP contribution in [-0.2, 0) is 9.47 Å². The molecule has 0 bridgehead atoms. The molecule has 1 aliphatic rings. The van der Waals surface area contributed by atoms with Crippen LogP contribution < -0.4 is 0 Å². The minimum absolute atomic E-state index is 0.159. The normalized spacial score (nSPS) is 21.2. The summed E-state index contributed by atoms with van der Waals surface area (Å²) in [7, 11) is 0. The van der Waals surface area contributed by atoms with Crippen LogP contribution in [0.3, 0.4) is 0 Å². The van der Waals surface area contributed by atoms with E-state index in [4.69, 9.17) is 4.74 Å². The van der Waals surface area contributed by atoms with Crippen molar-refractivity contribution >= 4 is 6.16 Å². The fourth-order valence-corrected chi connectivity index (χ4v) is 1.37. The average Bonchev–Trinajstić information content (AvgIpc) is 2.58. The second-order valence-corrected chi connectivity index (χ2v) is 3.49. The Morgan fingerprint density at radius 1 is 1.43 bits per heavy atom. The summed E-state index contributed by atoms with van der Waals surface area (Å²) in [4.78, 5) is 10.5. The first-order chi connectivity index (χ1) is 6.83. The smallest absolute Gasteiger partial charge is 0.430 e. The third-order valence-electron chi connectivity index (χ3n) is 2.19. The van der Waals surface area contributed by atoms with Crippen molar-refractivity contribution in [2.24, 2.45) is 0 Å². The number of rotatable bonds is 6. The maximum absolute atomic E-state index is 10.5. The lowest BCUT2D eigenvalue weighted by molar-refractivity contribution is 0.125. The van der Waals surface area contributed by atoms with Gasteiger partial charge in [-0.1, -0.05) is 32.3 Å². The van der Waals surface area contributed by atoms with Crippen LogP contribution in [0.2, 0.25) is 0 Å². The number of carbonyl (C=O) groups excluding carboxylic acids is 1. The minimum Gasteiger partial charge on any atom is -0.430 e. The largest absolute Gasteiger partial charge is 0.509 e. The molecule has 0 saturated carbocycles. The summed E-state index contributed by atoms with van der Waals surface area (Å²) in [5, 5.41) is 0. The molecule has 0 aromatic carbocycles. The number of ether oxygens (including phenoxy) is 2. The summed E-state index contributed by atoms with van der Waals surface area (Å²) < 4.78 is 9.49. The van der Waals surface area contributed by atoms with Crippen molar-refractivity contribution in [3.05, 3.63) is 12.2 Å². The van der Waals surface area contributed by atoms with E-state index in [2.05, 4.69) is 17.7 Å². The molecule has 3 nitrogen and oxygen atoms in total. The predicted molar refractivity (Wildman–Crippen MR) is 54.1 cm³/mol. The number of allylic oxidation sites excluding steroid dienone is 1. The number of cyclic esters (lactones) is 2. The second kappa shape index (κ2) is 6.46. The molecule has 0 spiro atoms. The highest BCUT2D eigenvalue weighted by Gasteiger charge is 2.21. The molecule has 1 saturated heterocycles. The molecule has 80 valence electrons. The zero-order valence-electron chi connectivity index (χ0n) is 8.70. The van der Waals surface area contributed by atoms with Gasteiger partial charge in [0, 0.05) is 0 Å². The molecule has 3 heteroatoms. The van der Waals surface area contributed by atoms with Gasteiger partial charge in [-0.3, -0.25) is 0 Å². The highest BCUT2D eigenvalue weighted by molar-refractivity contribution is 5.62. The van der Waals surface area contributed by atoms with E-state index in [-0.39, 0.29) is 6.10 Å². The molecule has 1 atom stereocenters. The Balaban J connectivity index is 2.00. The molecule has 1 heterocycles. The molecule has 1 rings (SSSR count). The zero-order valence-corrected chi connectivity index (χ0v) is 8.70. The van der Waals surface area contributed by atoms with Gasteiger partial charge in [-0.25, -0.2) is 4.79 Å². The molecular weight excluding hydrogens is 180 g/mol. The average molecular weight is 198 g/mol.